The van der Waals surface area contributed by atoms with Crippen molar-refractivity contribution in [1.29, 1.82) is 0 Å². The van der Waals surface area contributed by atoms with E-state index in [-0.39, 0.29) is 36.7 Å². The third-order valence-corrected chi connectivity index (χ3v) is 7.39. The van der Waals surface area contributed by atoms with Gasteiger partial charge in [-0.05, 0) is 42.8 Å². The summed E-state index contributed by atoms with van der Waals surface area (Å²) in [7, 11) is 2.00. The first-order valence-corrected chi connectivity index (χ1v) is 13.1. The highest BCUT2D eigenvalue weighted by atomic mass is 16.7. The van der Waals surface area contributed by atoms with E-state index < -0.39 is 12.4 Å². The van der Waals surface area contributed by atoms with Crippen molar-refractivity contribution >= 4 is 11.6 Å². The summed E-state index contributed by atoms with van der Waals surface area (Å²) < 4.78 is 13.1. The van der Waals surface area contributed by atoms with Crippen molar-refractivity contribution in [2.45, 2.75) is 58.0 Å². The van der Waals surface area contributed by atoms with Gasteiger partial charge in [0.2, 0.25) is 5.91 Å². The summed E-state index contributed by atoms with van der Waals surface area (Å²) in [6.45, 7) is 6.21. The van der Waals surface area contributed by atoms with Gasteiger partial charge >= 0.3 is 0 Å². The molecule has 0 radical (unpaired) electrons. The highest BCUT2D eigenvalue weighted by molar-refractivity contribution is 5.88. The third-order valence-electron chi connectivity index (χ3n) is 7.39. The Bertz CT molecular complexity index is 1170. The largest absolute Gasteiger partial charge is 0.392 e. The SMILES string of the molecule is CC(=O)Nc1ccc([C@@H]2O[C@H](CN(C)[C@H](C)[C@@H](O)c3ccccc3)[C@H](C)[C@H](c3ccc(CO)cc3)O2)cc1. The number of nitrogens with one attached hydrogen (secondary N) is 1. The molecule has 0 spiro atoms. The second-order valence-corrected chi connectivity index (χ2v) is 10.2. The molecule has 4 rings (SSSR count). The molecule has 0 saturated carbocycles. The van der Waals surface area contributed by atoms with Crippen LogP contribution in [-0.4, -0.2) is 46.8 Å². The molecule has 1 amide bonds. The topological polar surface area (TPSA) is 91.3 Å². The van der Waals surface area contributed by atoms with Crippen LogP contribution in [0.3, 0.4) is 0 Å². The zero-order valence-corrected chi connectivity index (χ0v) is 22.5. The Labute approximate surface area is 225 Å². The van der Waals surface area contributed by atoms with Crippen LogP contribution in [0.4, 0.5) is 5.69 Å². The van der Waals surface area contributed by atoms with E-state index in [0.717, 1.165) is 22.3 Å². The summed E-state index contributed by atoms with van der Waals surface area (Å²) in [5, 5.41) is 23.3. The smallest absolute Gasteiger partial charge is 0.221 e. The molecule has 3 aromatic carbocycles. The van der Waals surface area contributed by atoms with Gasteiger partial charge in [-0.2, -0.15) is 0 Å². The number of anilines is 1. The highest BCUT2D eigenvalue weighted by Crippen LogP contribution is 2.42. The number of hydrogen-bond donors (Lipinski definition) is 3. The van der Waals surface area contributed by atoms with Crippen LogP contribution in [0.25, 0.3) is 0 Å². The Morgan fingerprint density at radius 3 is 2.21 bits per heavy atom. The number of rotatable bonds is 9. The standard InChI is InChI=1S/C31H38N2O5/c1-20-28(18-33(4)21(2)29(36)24-8-6-5-7-9-24)37-31(26-14-16-27(17-15-26)32-22(3)35)38-30(20)25-12-10-23(19-34)11-13-25/h5-17,20-21,28-31,34,36H,18-19H2,1-4H3,(H,32,35)/t20-,21+,28+,29+,30+,31+/m0/s1. The maximum Gasteiger partial charge on any atom is 0.221 e. The lowest BCUT2D eigenvalue weighted by Crippen LogP contribution is -2.46. The molecule has 1 saturated heterocycles. The molecule has 6 atom stereocenters. The lowest BCUT2D eigenvalue weighted by Gasteiger charge is -2.43. The molecule has 0 aliphatic carbocycles. The minimum Gasteiger partial charge on any atom is -0.392 e. The van der Waals surface area contributed by atoms with Crippen molar-refractivity contribution in [2.75, 3.05) is 18.9 Å². The van der Waals surface area contributed by atoms with Crippen LogP contribution < -0.4 is 5.32 Å². The molecular weight excluding hydrogens is 480 g/mol. The molecular formula is C31H38N2O5. The fourth-order valence-corrected chi connectivity index (χ4v) is 4.87. The molecule has 3 N–H and O–H groups in total. The van der Waals surface area contributed by atoms with Gasteiger partial charge in [-0.25, -0.2) is 0 Å². The molecule has 0 aromatic heterocycles. The molecule has 1 aliphatic rings. The number of ether oxygens (including phenoxy) is 2. The Hall–Kier alpha value is -3.07. The predicted molar refractivity (Wildman–Crippen MR) is 147 cm³/mol. The van der Waals surface area contributed by atoms with Gasteiger partial charge < -0.3 is 25.0 Å². The van der Waals surface area contributed by atoms with Crippen LogP contribution in [0, 0.1) is 5.92 Å². The molecule has 7 nitrogen and oxygen atoms in total. The number of benzene rings is 3. The molecule has 1 fully saturated rings. The van der Waals surface area contributed by atoms with Gasteiger partial charge in [-0.3, -0.25) is 9.69 Å². The van der Waals surface area contributed by atoms with Crippen LogP contribution in [0.2, 0.25) is 0 Å². The second kappa shape index (κ2) is 12.7. The quantitative estimate of drug-likeness (QED) is 0.370. The van der Waals surface area contributed by atoms with Gasteiger partial charge in [0.05, 0.1) is 24.9 Å². The number of hydrogen-bond acceptors (Lipinski definition) is 6. The van der Waals surface area contributed by atoms with Crippen molar-refractivity contribution in [2.24, 2.45) is 5.92 Å². The van der Waals surface area contributed by atoms with E-state index in [2.05, 4.69) is 17.1 Å². The number of nitrogens with zero attached hydrogens (tertiary/aromatic N) is 1. The zero-order valence-electron chi connectivity index (χ0n) is 22.5. The van der Waals surface area contributed by atoms with Crippen LogP contribution in [-0.2, 0) is 20.9 Å². The number of carbonyl (C=O) groups excluding carboxylic acids is 1. The van der Waals surface area contributed by atoms with E-state index in [0.29, 0.717) is 12.2 Å². The summed E-state index contributed by atoms with van der Waals surface area (Å²) in [5.41, 5.74) is 4.31. The monoisotopic (exact) mass is 518 g/mol. The Balaban J connectivity index is 1.56. The van der Waals surface area contributed by atoms with E-state index in [4.69, 9.17) is 9.47 Å². The molecule has 0 bridgehead atoms. The third kappa shape index (κ3) is 6.67. The van der Waals surface area contributed by atoms with E-state index in [1.165, 1.54) is 6.92 Å². The van der Waals surface area contributed by atoms with Gasteiger partial charge in [0.25, 0.3) is 0 Å². The Morgan fingerprint density at radius 1 is 0.974 bits per heavy atom. The normalized spacial score (nSPS) is 23.1. The summed E-state index contributed by atoms with van der Waals surface area (Å²) in [4.78, 5) is 13.6. The first kappa shape index (κ1) is 28.0. The molecule has 38 heavy (non-hydrogen) atoms. The number of amides is 1. The van der Waals surface area contributed by atoms with E-state index in [1.54, 1.807) is 0 Å². The minimum absolute atomic E-state index is 0.0111. The van der Waals surface area contributed by atoms with Gasteiger partial charge in [-0.15, -0.1) is 0 Å². The molecule has 1 aliphatic heterocycles. The molecule has 7 heteroatoms. The first-order chi connectivity index (χ1) is 18.3. The zero-order chi connectivity index (χ0) is 27.2. The number of aliphatic hydroxyl groups excluding tert-OH is 2. The van der Waals surface area contributed by atoms with Crippen LogP contribution in [0.1, 0.15) is 61.5 Å². The average Bonchev–Trinajstić information content (AvgIpc) is 2.94. The van der Waals surface area contributed by atoms with Crippen LogP contribution >= 0.6 is 0 Å². The molecule has 1 heterocycles. The minimum atomic E-state index is -0.629. The van der Waals surface area contributed by atoms with Gasteiger partial charge in [0, 0.05) is 36.7 Å². The molecule has 0 unspecified atom stereocenters. The number of carbonyl (C=O) groups is 1. The maximum atomic E-state index is 11.4. The maximum absolute atomic E-state index is 11.4. The fourth-order valence-electron chi connectivity index (χ4n) is 4.87. The summed E-state index contributed by atoms with van der Waals surface area (Å²) in [6, 6.07) is 24.9. The number of likely N-dealkylation sites (N-methyl/N-ethyl adjacent to an activating group) is 1. The van der Waals surface area contributed by atoms with Crippen molar-refractivity contribution in [3.05, 3.63) is 101 Å². The van der Waals surface area contributed by atoms with Gasteiger partial charge in [0.15, 0.2) is 6.29 Å². The lowest BCUT2D eigenvalue weighted by atomic mass is 9.89. The summed E-state index contributed by atoms with van der Waals surface area (Å²) >= 11 is 0. The van der Waals surface area contributed by atoms with Gasteiger partial charge in [-0.1, -0.05) is 73.7 Å². The second-order valence-electron chi connectivity index (χ2n) is 10.2. The van der Waals surface area contributed by atoms with Crippen molar-refractivity contribution in [3.8, 4) is 0 Å². The predicted octanol–water partition coefficient (Wildman–Crippen LogP) is 4.98. The Morgan fingerprint density at radius 2 is 1.61 bits per heavy atom. The summed E-state index contributed by atoms with van der Waals surface area (Å²) in [6.07, 6.45) is -1.64. The summed E-state index contributed by atoms with van der Waals surface area (Å²) in [5.74, 6) is -0.105. The van der Waals surface area contributed by atoms with Crippen molar-refractivity contribution in [3.63, 3.8) is 0 Å². The van der Waals surface area contributed by atoms with E-state index in [1.807, 2.05) is 92.8 Å². The lowest BCUT2D eigenvalue weighted by molar-refractivity contribution is -0.276. The van der Waals surface area contributed by atoms with Crippen molar-refractivity contribution < 1.29 is 24.5 Å². The fraction of sp³-hybridized carbons (Fsp3) is 0.387. The van der Waals surface area contributed by atoms with E-state index >= 15 is 0 Å². The highest BCUT2D eigenvalue weighted by Gasteiger charge is 2.39. The van der Waals surface area contributed by atoms with Crippen LogP contribution in [0.5, 0.6) is 0 Å². The van der Waals surface area contributed by atoms with Crippen LogP contribution in [0.15, 0.2) is 78.9 Å². The molecule has 3 aromatic rings. The average molecular weight is 519 g/mol. The first-order valence-electron chi connectivity index (χ1n) is 13.1. The molecule has 202 valence electrons. The van der Waals surface area contributed by atoms with Gasteiger partial charge in [0.1, 0.15) is 0 Å². The van der Waals surface area contributed by atoms with Crippen molar-refractivity contribution in [1.82, 2.24) is 4.90 Å². The Kier molecular flexibility index (Phi) is 9.31. The van der Waals surface area contributed by atoms with E-state index in [9.17, 15) is 15.0 Å². The number of aliphatic hydroxyl groups is 2.